The van der Waals surface area contributed by atoms with Crippen molar-refractivity contribution in [2.75, 3.05) is 0 Å². The topological polar surface area (TPSA) is 56.2 Å². The molecule has 1 aromatic heterocycles. The van der Waals surface area contributed by atoms with Crippen LogP contribution < -0.4 is 5.32 Å². The molecule has 1 aromatic carbocycles. The van der Waals surface area contributed by atoms with Gasteiger partial charge < -0.3 is 10.1 Å². The molecule has 0 saturated heterocycles. The molecule has 0 saturated carbocycles. The summed E-state index contributed by atoms with van der Waals surface area (Å²) >= 11 is 0. The number of ether oxygens (including phenoxy) is 1. The highest BCUT2D eigenvalue weighted by Crippen LogP contribution is 2.17. The van der Waals surface area contributed by atoms with E-state index in [-0.39, 0.29) is 11.9 Å². The first kappa shape index (κ1) is 17.0. The van der Waals surface area contributed by atoms with Crippen LogP contribution in [0.4, 0.5) is 9.18 Å². The molecule has 6 heteroatoms. The normalized spacial score (nSPS) is 12.7. The van der Waals surface area contributed by atoms with E-state index >= 15 is 0 Å². The zero-order valence-electron chi connectivity index (χ0n) is 13.8. The van der Waals surface area contributed by atoms with Crippen LogP contribution in [0.3, 0.4) is 0 Å². The van der Waals surface area contributed by atoms with Crippen molar-refractivity contribution in [2.24, 2.45) is 0 Å². The Labute approximate surface area is 135 Å². The fourth-order valence-electron chi connectivity index (χ4n) is 2.07. The van der Waals surface area contributed by atoms with Gasteiger partial charge in [0.2, 0.25) is 0 Å². The average Bonchev–Trinajstić information content (AvgIpc) is 2.85. The lowest BCUT2D eigenvalue weighted by Crippen LogP contribution is -2.39. The number of nitrogens with zero attached hydrogens (tertiary/aromatic N) is 2. The molecule has 0 radical (unpaired) electrons. The van der Waals surface area contributed by atoms with Crippen molar-refractivity contribution in [1.82, 2.24) is 15.1 Å². The number of rotatable bonds is 4. The molecule has 1 atom stereocenters. The van der Waals surface area contributed by atoms with Crippen LogP contribution in [-0.2, 0) is 11.3 Å². The Bertz CT molecular complexity index is 659. The Balaban J connectivity index is 1.93. The summed E-state index contributed by atoms with van der Waals surface area (Å²) in [6, 6.07) is 7.90. The monoisotopic (exact) mass is 319 g/mol. The maximum Gasteiger partial charge on any atom is 0.407 e. The van der Waals surface area contributed by atoms with Crippen LogP contribution in [0.5, 0.6) is 0 Å². The van der Waals surface area contributed by atoms with Crippen LogP contribution in [0.2, 0.25) is 0 Å². The largest absolute Gasteiger partial charge is 0.444 e. The van der Waals surface area contributed by atoms with E-state index < -0.39 is 11.7 Å². The third-order valence-electron chi connectivity index (χ3n) is 3.00. The lowest BCUT2D eigenvalue weighted by molar-refractivity contribution is 0.0503. The molecular weight excluding hydrogens is 297 g/mol. The first-order chi connectivity index (χ1) is 10.7. The van der Waals surface area contributed by atoms with Crippen LogP contribution in [0, 0.1) is 5.82 Å². The van der Waals surface area contributed by atoms with Crippen molar-refractivity contribution in [2.45, 2.75) is 45.9 Å². The number of alkyl carbamates (subject to hydrolysis) is 1. The average molecular weight is 319 g/mol. The standard InChI is InChI=1S/C17H22FN3O2/c1-12(19-16(22)23-17(2,3)4)11-21-10-9-15(20-21)13-5-7-14(18)8-6-13/h5-10,12H,11H2,1-4H3,(H,19,22)/t12-/m0/s1. The van der Waals surface area contributed by atoms with Gasteiger partial charge in [0.1, 0.15) is 11.4 Å². The van der Waals surface area contributed by atoms with E-state index in [0.717, 1.165) is 11.3 Å². The van der Waals surface area contributed by atoms with Crippen molar-refractivity contribution in [3.8, 4) is 11.3 Å². The van der Waals surface area contributed by atoms with E-state index in [1.54, 1.807) is 16.8 Å². The molecule has 0 unspecified atom stereocenters. The zero-order chi connectivity index (χ0) is 17.0. The molecule has 0 aliphatic heterocycles. The molecule has 23 heavy (non-hydrogen) atoms. The molecule has 0 fully saturated rings. The fraction of sp³-hybridized carbons (Fsp3) is 0.412. The smallest absolute Gasteiger partial charge is 0.407 e. The third-order valence-corrected chi connectivity index (χ3v) is 3.00. The van der Waals surface area contributed by atoms with Crippen molar-refractivity contribution in [3.05, 3.63) is 42.3 Å². The highest BCUT2D eigenvalue weighted by atomic mass is 19.1. The maximum atomic E-state index is 12.9. The number of benzene rings is 1. The van der Waals surface area contributed by atoms with Gasteiger partial charge in [0.25, 0.3) is 0 Å². The van der Waals surface area contributed by atoms with Gasteiger partial charge >= 0.3 is 6.09 Å². The van der Waals surface area contributed by atoms with Crippen LogP contribution in [0.15, 0.2) is 36.5 Å². The van der Waals surface area contributed by atoms with E-state index in [0.29, 0.717) is 6.54 Å². The number of carbonyl (C=O) groups excluding carboxylic acids is 1. The lowest BCUT2D eigenvalue weighted by Gasteiger charge is -2.21. The Morgan fingerprint density at radius 1 is 1.30 bits per heavy atom. The van der Waals surface area contributed by atoms with Gasteiger partial charge in [-0.1, -0.05) is 0 Å². The third kappa shape index (κ3) is 5.39. The van der Waals surface area contributed by atoms with Crippen LogP contribution >= 0.6 is 0 Å². The first-order valence-electron chi connectivity index (χ1n) is 7.52. The number of halogens is 1. The fourth-order valence-corrected chi connectivity index (χ4v) is 2.07. The van der Waals surface area contributed by atoms with Gasteiger partial charge in [-0.3, -0.25) is 4.68 Å². The van der Waals surface area contributed by atoms with Gasteiger partial charge in [0.05, 0.1) is 12.2 Å². The molecule has 0 bridgehead atoms. The summed E-state index contributed by atoms with van der Waals surface area (Å²) in [6.45, 7) is 7.85. The molecule has 1 amide bonds. The number of hydrogen-bond donors (Lipinski definition) is 1. The van der Waals surface area contributed by atoms with Gasteiger partial charge in [0.15, 0.2) is 0 Å². The van der Waals surface area contributed by atoms with Crippen molar-refractivity contribution in [1.29, 1.82) is 0 Å². The van der Waals surface area contributed by atoms with E-state index in [1.165, 1.54) is 12.1 Å². The molecule has 2 rings (SSSR count). The molecule has 0 aliphatic carbocycles. The molecule has 0 aliphatic rings. The van der Waals surface area contributed by atoms with Crippen LogP contribution in [0.1, 0.15) is 27.7 Å². The van der Waals surface area contributed by atoms with Gasteiger partial charge in [-0.25, -0.2) is 9.18 Å². The molecule has 1 N–H and O–H groups in total. The van der Waals surface area contributed by atoms with Crippen LogP contribution in [-0.4, -0.2) is 27.5 Å². The second-order valence-corrected chi connectivity index (χ2v) is 6.48. The zero-order valence-corrected chi connectivity index (χ0v) is 13.8. The Hall–Kier alpha value is -2.37. The first-order valence-corrected chi connectivity index (χ1v) is 7.52. The van der Waals surface area contributed by atoms with E-state index in [4.69, 9.17) is 4.74 Å². The number of amides is 1. The summed E-state index contributed by atoms with van der Waals surface area (Å²) in [5, 5.41) is 7.20. The quantitative estimate of drug-likeness (QED) is 0.936. The predicted molar refractivity (Wildman–Crippen MR) is 86.5 cm³/mol. The summed E-state index contributed by atoms with van der Waals surface area (Å²) in [6.07, 6.45) is 1.38. The molecule has 5 nitrogen and oxygen atoms in total. The SMILES string of the molecule is C[C@@H](Cn1ccc(-c2ccc(F)cc2)n1)NC(=O)OC(C)(C)C. The Morgan fingerprint density at radius 3 is 2.57 bits per heavy atom. The summed E-state index contributed by atoms with van der Waals surface area (Å²) < 4.78 is 19.9. The van der Waals surface area contributed by atoms with Crippen molar-refractivity contribution in [3.63, 3.8) is 0 Å². The Kier molecular flexibility index (Phi) is 5.03. The number of carbonyl (C=O) groups is 1. The minimum atomic E-state index is -0.523. The summed E-state index contributed by atoms with van der Waals surface area (Å²) in [4.78, 5) is 11.7. The molecule has 2 aromatic rings. The summed E-state index contributed by atoms with van der Waals surface area (Å²) in [7, 11) is 0. The predicted octanol–water partition coefficient (Wildman–Crippen LogP) is 3.60. The maximum absolute atomic E-state index is 12.9. The Morgan fingerprint density at radius 2 is 1.96 bits per heavy atom. The minimum Gasteiger partial charge on any atom is -0.444 e. The highest BCUT2D eigenvalue weighted by Gasteiger charge is 2.18. The number of nitrogens with one attached hydrogen (secondary N) is 1. The van der Waals surface area contributed by atoms with Gasteiger partial charge in [-0.05, 0) is 58.0 Å². The summed E-state index contributed by atoms with van der Waals surface area (Å²) in [5.74, 6) is -0.275. The molecule has 124 valence electrons. The number of hydrogen-bond acceptors (Lipinski definition) is 3. The van der Waals surface area contributed by atoms with Gasteiger partial charge in [0, 0.05) is 17.8 Å². The second kappa shape index (κ2) is 6.81. The molecular formula is C17H22FN3O2. The van der Waals surface area contributed by atoms with Crippen LogP contribution in [0.25, 0.3) is 11.3 Å². The minimum absolute atomic E-state index is 0.134. The highest BCUT2D eigenvalue weighted by molar-refractivity contribution is 5.68. The summed E-state index contributed by atoms with van der Waals surface area (Å²) in [5.41, 5.74) is 1.08. The second-order valence-electron chi connectivity index (χ2n) is 6.48. The molecule has 1 heterocycles. The van der Waals surface area contributed by atoms with E-state index in [9.17, 15) is 9.18 Å². The molecule has 0 spiro atoms. The van der Waals surface area contributed by atoms with Gasteiger partial charge in [-0.15, -0.1) is 0 Å². The van der Waals surface area contributed by atoms with E-state index in [2.05, 4.69) is 10.4 Å². The van der Waals surface area contributed by atoms with Crippen molar-refractivity contribution >= 4 is 6.09 Å². The van der Waals surface area contributed by atoms with Gasteiger partial charge in [-0.2, -0.15) is 5.10 Å². The lowest BCUT2D eigenvalue weighted by atomic mass is 10.1. The van der Waals surface area contributed by atoms with E-state index in [1.807, 2.05) is 40.0 Å². The number of aromatic nitrogens is 2. The van der Waals surface area contributed by atoms with Crippen molar-refractivity contribution < 1.29 is 13.9 Å².